The third-order valence-electron chi connectivity index (χ3n) is 4.64. The molecular formula is C20H20F2N6O2. The van der Waals surface area contributed by atoms with Crippen molar-refractivity contribution in [3.05, 3.63) is 54.1 Å². The van der Waals surface area contributed by atoms with Crippen molar-refractivity contribution in [2.24, 2.45) is 0 Å². The number of cyclic esters (lactones) is 1. The Kier molecular flexibility index (Phi) is 5.06. The molecule has 1 amide bonds. The summed E-state index contributed by atoms with van der Waals surface area (Å²) in [7, 11) is 0. The Hall–Kier alpha value is -3.56. The van der Waals surface area contributed by atoms with Crippen molar-refractivity contribution in [2.45, 2.75) is 32.4 Å². The summed E-state index contributed by atoms with van der Waals surface area (Å²) in [5.74, 6) is 0.100. The number of nitrogens with one attached hydrogen (secondary N) is 2. The van der Waals surface area contributed by atoms with Crippen LogP contribution in [0.15, 0.2) is 42.9 Å². The van der Waals surface area contributed by atoms with Gasteiger partial charge in [0.15, 0.2) is 0 Å². The number of alkyl halides is 2. The van der Waals surface area contributed by atoms with E-state index < -0.39 is 18.1 Å². The molecule has 0 aliphatic carbocycles. The van der Waals surface area contributed by atoms with Crippen LogP contribution in [-0.4, -0.2) is 38.0 Å². The number of alkyl carbamates (subject to hydrolysis) is 1. The van der Waals surface area contributed by atoms with Crippen molar-refractivity contribution in [3.8, 4) is 11.1 Å². The van der Waals surface area contributed by atoms with Crippen molar-refractivity contribution in [1.82, 2.24) is 25.1 Å². The van der Waals surface area contributed by atoms with Crippen LogP contribution in [0.1, 0.15) is 24.6 Å². The highest BCUT2D eigenvalue weighted by Gasteiger charge is 2.36. The van der Waals surface area contributed by atoms with Gasteiger partial charge < -0.3 is 15.4 Å². The van der Waals surface area contributed by atoms with Gasteiger partial charge in [-0.05, 0) is 43.2 Å². The second-order valence-electron chi connectivity index (χ2n) is 7.44. The first-order valence-corrected chi connectivity index (χ1v) is 9.29. The lowest BCUT2D eigenvalue weighted by atomic mass is 10.1. The highest BCUT2D eigenvalue weighted by atomic mass is 19.3. The standard InChI is InChI=1S/C20H20F2N6O2/c1-12-5-13(7-15(6-12)26-18-23-4-3-16(27-18)17(21)22)14-8-25-28(9-14)11-20(2)10-24-19(29)30-20/h3-9,17H,10-11H2,1-2H3,(H,24,29)(H,23,26,27). The largest absolute Gasteiger partial charge is 0.439 e. The normalized spacial score (nSPS) is 18.4. The number of carbonyl (C=O) groups excluding carboxylic acids is 1. The molecule has 1 unspecified atom stereocenters. The lowest BCUT2D eigenvalue weighted by Crippen LogP contribution is -2.34. The zero-order valence-corrected chi connectivity index (χ0v) is 16.4. The van der Waals surface area contributed by atoms with E-state index in [0.717, 1.165) is 16.7 Å². The van der Waals surface area contributed by atoms with Gasteiger partial charge in [0.05, 0.1) is 19.3 Å². The number of hydrogen-bond donors (Lipinski definition) is 2. The molecule has 0 radical (unpaired) electrons. The van der Waals surface area contributed by atoms with Crippen LogP contribution in [-0.2, 0) is 11.3 Å². The predicted octanol–water partition coefficient (Wildman–Crippen LogP) is 3.83. The highest BCUT2D eigenvalue weighted by molar-refractivity contribution is 5.71. The van der Waals surface area contributed by atoms with E-state index in [0.29, 0.717) is 18.8 Å². The topological polar surface area (TPSA) is 94.0 Å². The van der Waals surface area contributed by atoms with Crippen molar-refractivity contribution in [3.63, 3.8) is 0 Å². The second kappa shape index (κ2) is 7.69. The maximum absolute atomic E-state index is 12.9. The third-order valence-corrected chi connectivity index (χ3v) is 4.64. The first-order chi connectivity index (χ1) is 14.3. The van der Waals surface area contributed by atoms with Crippen molar-refractivity contribution < 1.29 is 18.3 Å². The molecule has 30 heavy (non-hydrogen) atoms. The second-order valence-corrected chi connectivity index (χ2v) is 7.44. The van der Waals surface area contributed by atoms with Gasteiger partial charge in [-0.3, -0.25) is 4.68 Å². The number of anilines is 2. The number of rotatable bonds is 6. The Morgan fingerprint density at radius 2 is 2.17 bits per heavy atom. The molecule has 1 saturated heterocycles. The number of halogens is 2. The van der Waals surface area contributed by atoms with E-state index in [1.54, 1.807) is 10.9 Å². The monoisotopic (exact) mass is 414 g/mol. The average molecular weight is 414 g/mol. The number of aromatic nitrogens is 4. The van der Waals surface area contributed by atoms with Crippen LogP contribution in [0.5, 0.6) is 0 Å². The summed E-state index contributed by atoms with van der Waals surface area (Å²) in [5, 5.41) is 10.00. The van der Waals surface area contributed by atoms with Crippen LogP contribution >= 0.6 is 0 Å². The number of hydrogen-bond acceptors (Lipinski definition) is 6. The van der Waals surface area contributed by atoms with Gasteiger partial charge in [0.25, 0.3) is 6.43 Å². The Labute approximate surface area is 171 Å². The quantitative estimate of drug-likeness (QED) is 0.637. The van der Waals surface area contributed by atoms with Crippen molar-refractivity contribution in [1.29, 1.82) is 0 Å². The van der Waals surface area contributed by atoms with Gasteiger partial charge in [-0.2, -0.15) is 5.10 Å². The summed E-state index contributed by atoms with van der Waals surface area (Å²) in [6.45, 7) is 4.60. The van der Waals surface area contributed by atoms with E-state index in [1.807, 2.05) is 38.2 Å². The molecule has 2 aromatic heterocycles. The van der Waals surface area contributed by atoms with E-state index in [1.165, 1.54) is 12.3 Å². The first-order valence-electron chi connectivity index (χ1n) is 9.29. The zero-order chi connectivity index (χ0) is 21.3. The number of nitrogens with zero attached hydrogens (tertiary/aromatic N) is 4. The first kappa shape index (κ1) is 19.7. The molecule has 3 heterocycles. The Morgan fingerprint density at radius 3 is 2.90 bits per heavy atom. The summed E-state index contributed by atoms with van der Waals surface area (Å²) in [6, 6.07) is 6.91. The van der Waals surface area contributed by atoms with E-state index in [9.17, 15) is 13.6 Å². The fourth-order valence-electron chi connectivity index (χ4n) is 3.29. The molecular weight excluding hydrogens is 394 g/mol. The molecule has 10 heteroatoms. The van der Waals surface area contributed by atoms with Crippen LogP contribution in [0, 0.1) is 6.92 Å². The summed E-state index contributed by atoms with van der Waals surface area (Å²) >= 11 is 0. The molecule has 156 valence electrons. The van der Waals surface area contributed by atoms with Gasteiger partial charge >= 0.3 is 6.09 Å². The number of ether oxygens (including phenoxy) is 1. The molecule has 1 atom stereocenters. The summed E-state index contributed by atoms with van der Waals surface area (Å²) < 4.78 is 32.8. The number of aryl methyl sites for hydroxylation is 1. The molecule has 2 N–H and O–H groups in total. The van der Waals surface area contributed by atoms with Gasteiger partial charge in [0, 0.05) is 23.6 Å². The maximum Gasteiger partial charge on any atom is 0.407 e. The lowest BCUT2D eigenvalue weighted by Gasteiger charge is -2.20. The highest BCUT2D eigenvalue weighted by Crippen LogP contribution is 2.27. The smallest absolute Gasteiger partial charge is 0.407 e. The van der Waals surface area contributed by atoms with Gasteiger partial charge in [-0.25, -0.2) is 23.5 Å². The molecule has 1 aliphatic rings. The number of carbonyl (C=O) groups is 1. The van der Waals surface area contributed by atoms with Crippen LogP contribution in [0.2, 0.25) is 0 Å². The van der Waals surface area contributed by atoms with Gasteiger partial charge in [0.2, 0.25) is 5.95 Å². The minimum atomic E-state index is -2.66. The lowest BCUT2D eigenvalue weighted by molar-refractivity contribution is 0.0550. The number of amides is 1. The molecule has 1 fully saturated rings. The molecule has 0 saturated carbocycles. The van der Waals surface area contributed by atoms with Gasteiger partial charge in [-0.1, -0.05) is 6.07 Å². The molecule has 4 rings (SSSR count). The number of benzene rings is 1. The Balaban J connectivity index is 1.54. The van der Waals surface area contributed by atoms with Crippen LogP contribution in [0.3, 0.4) is 0 Å². The zero-order valence-electron chi connectivity index (χ0n) is 16.4. The molecule has 8 nitrogen and oxygen atoms in total. The summed E-state index contributed by atoms with van der Waals surface area (Å²) in [5.41, 5.74) is 2.40. The minimum Gasteiger partial charge on any atom is -0.439 e. The fourth-order valence-corrected chi connectivity index (χ4v) is 3.29. The average Bonchev–Trinajstić information content (AvgIpc) is 3.27. The van der Waals surface area contributed by atoms with E-state index in [-0.39, 0.29) is 11.6 Å². The van der Waals surface area contributed by atoms with Gasteiger partial charge in [0.1, 0.15) is 11.3 Å². The molecule has 0 spiro atoms. The van der Waals surface area contributed by atoms with Crippen molar-refractivity contribution >= 4 is 17.7 Å². The molecule has 0 bridgehead atoms. The van der Waals surface area contributed by atoms with Crippen molar-refractivity contribution in [2.75, 3.05) is 11.9 Å². The van der Waals surface area contributed by atoms with E-state index in [4.69, 9.17) is 4.74 Å². The minimum absolute atomic E-state index is 0.100. The fraction of sp³-hybridized carbons (Fsp3) is 0.300. The molecule has 3 aromatic rings. The summed E-state index contributed by atoms with van der Waals surface area (Å²) in [4.78, 5) is 19.2. The van der Waals surface area contributed by atoms with Crippen LogP contribution in [0.4, 0.5) is 25.2 Å². The molecule has 1 aliphatic heterocycles. The van der Waals surface area contributed by atoms with Crippen LogP contribution < -0.4 is 10.6 Å². The van der Waals surface area contributed by atoms with E-state index >= 15 is 0 Å². The van der Waals surface area contributed by atoms with E-state index in [2.05, 4.69) is 25.7 Å². The molecule has 1 aromatic carbocycles. The Morgan fingerprint density at radius 1 is 1.33 bits per heavy atom. The SMILES string of the molecule is Cc1cc(Nc2nccc(C(F)F)n2)cc(-c2cnn(CC3(C)CNC(=O)O3)c2)c1. The van der Waals surface area contributed by atoms with Crippen LogP contribution in [0.25, 0.3) is 11.1 Å². The Bertz CT molecular complexity index is 1090. The summed E-state index contributed by atoms with van der Waals surface area (Å²) in [6.07, 6.45) is 1.79. The predicted molar refractivity (Wildman–Crippen MR) is 106 cm³/mol. The van der Waals surface area contributed by atoms with Gasteiger partial charge in [-0.15, -0.1) is 0 Å². The maximum atomic E-state index is 12.9. The third kappa shape index (κ3) is 4.37.